The number of hydrogen-bond donors (Lipinski definition) is 3. The zero-order chi connectivity index (χ0) is 22.3. The lowest BCUT2D eigenvalue weighted by Crippen LogP contribution is -2.19. The van der Waals surface area contributed by atoms with Crippen molar-refractivity contribution >= 4 is 22.6 Å². The molecule has 0 unspecified atom stereocenters. The number of aromatic amines is 1. The molecular weight excluding hydrogens is 408 g/mol. The number of benzene rings is 2. The lowest BCUT2D eigenvalue weighted by Gasteiger charge is -2.22. The third-order valence-electron chi connectivity index (χ3n) is 5.96. The van der Waals surface area contributed by atoms with E-state index in [0.717, 1.165) is 46.8 Å². The maximum atomic E-state index is 11.0. The number of nitrogens with one attached hydrogen (secondary N) is 2. The number of aliphatic carboxylic acids is 1. The molecule has 0 atom stereocenters. The lowest BCUT2D eigenvalue weighted by atomic mass is 9.84. The molecule has 0 radical (unpaired) electrons. The molecule has 1 fully saturated rings. The maximum Gasteiger partial charge on any atom is 0.303 e. The van der Waals surface area contributed by atoms with Crippen molar-refractivity contribution in [3.63, 3.8) is 0 Å². The number of carboxylic acids is 1. The molecule has 2 aromatic carbocycles. The number of anilines is 1. The van der Waals surface area contributed by atoms with Crippen LogP contribution in [0.2, 0.25) is 0 Å². The summed E-state index contributed by atoms with van der Waals surface area (Å²) < 4.78 is 17.0. The van der Waals surface area contributed by atoms with E-state index >= 15 is 0 Å². The summed E-state index contributed by atoms with van der Waals surface area (Å²) in [6, 6.07) is 13.8. The number of rotatable bonds is 8. The molecule has 5 rings (SSSR count). The fourth-order valence-electron chi connectivity index (χ4n) is 3.79. The third kappa shape index (κ3) is 4.23. The van der Waals surface area contributed by atoms with E-state index in [1.807, 2.05) is 30.3 Å². The average molecular weight is 434 g/mol. The van der Waals surface area contributed by atoms with Gasteiger partial charge < -0.3 is 29.6 Å². The van der Waals surface area contributed by atoms with Gasteiger partial charge in [-0.2, -0.15) is 0 Å². The highest BCUT2D eigenvalue weighted by atomic mass is 16.7. The predicted octanol–water partition coefficient (Wildman–Crippen LogP) is 5.54. The van der Waals surface area contributed by atoms with E-state index in [4.69, 9.17) is 19.3 Å². The highest BCUT2D eigenvalue weighted by Gasteiger charge is 2.24. The van der Waals surface area contributed by atoms with Crippen molar-refractivity contribution in [2.24, 2.45) is 0 Å². The van der Waals surface area contributed by atoms with E-state index < -0.39 is 5.97 Å². The van der Waals surface area contributed by atoms with Crippen LogP contribution in [0.25, 0.3) is 10.9 Å². The molecule has 1 aliphatic heterocycles. The van der Waals surface area contributed by atoms with Gasteiger partial charge in [0.25, 0.3) is 0 Å². The van der Waals surface area contributed by atoms with Crippen LogP contribution < -0.4 is 19.5 Å². The SMILES string of the molecule is CC(C)(CCC(=O)O)c1cc2cc(NC(Oc3ccc4c(c3)OCO4)=C3CC3)ccc2[nH]1. The molecule has 0 spiro atoms. The topological polar surface area (TPSA) is 92.8 Å². The quantitative estimate of drug-likeness (QED) is 0.404. The number of H-pyrrole nitrogens is 1. The summed E-state index contributed by atoms with van der Waals surface area (Å²) in [7, 11) is 0. The molecule has 3 aromatic rings. The van der Waals surface area contributed by atoms with Crippen LogP contribution in [0.5, 0.6) is 17.2 Å². The van der Waals surface area contributed by atoms with Gasteiger partial charge in [-0.15, -0.1) is 0 Å². The maximum absolute atomic E-state index is 11.0. The van der Waals surface area contributed by atoms with E-state index in [0.29, 0.717) is 17.9 Å². The molecule has 32 heavy (non-hydrogen) atoms. The molecule has 7 nitrogen and oxygen atoms in total. The Labute approximate surface area is 186 Å². The molecular formula is C25H26N2O5. The first kappa shape index (κ1) is 20.3. The number of carbonyl (C=O) groups is 1. The first-order valence-corrected chi connectivity index (χ1v) is 10.8. The number of aromatic nitrogens is 1. The smallest absolute Gasteiger partial charge is 0.303 e. The van der Waals surface area contributed by atoms with Crippen LogP contribution in [0.3, 0.4) is 0 Å². The van der Waals surface area contributed by atoms with Gasteiger partial charge in [0.15, 0.2) is 17.4 Å². The molecule has 3 N–H and O–H groups in total. The van der Waals surface area contributed by atoms with Crippen LogP contribution in [-0.2, 0) is 10.2 Å². The zero-order valence-corrected chi connectivity index (χ0v) is 18.2. The summed E-state index contributed by atoms with van der Waals surface area (Å²) >= 11 is 0. The first-order valence-electron chi connectivity index (χ1n) is 10.8. The molecule has 1 aliphatic carbocycles. The Bertz CT molecular complexity index is 1220. The van der Waals surface area contributed by atoms with Crippen molar-refractivity contribution < 1.29 is 24.1 Å². The van der Waals surface area contributed by atoms with Crippen molar-refractivity contribution in [1.29, 1.82) is 0 Å². The molecule has 0 amide bonds. The molecule has 0 saturated heterocycles. The second kappa shape index (κ2) is 7.82. The normalized spacial score (nSPS) is 14.5. The first-order chi connectivity index (χ1) is 15.4. The average Bonchev–Trinajstić information content (AvgIpc) is 3.34. The Balaban J connectivity index is 1.35. The summed E-state index contributed by atoms with van der Waals surface area (Å²) in [5.41, 5.74) is 3.97. The Morgan fingerprint density at radius 1 is 1.12 bits per heavy atom. The number of allylic oxidation sites excluding steroid dienone is 1. The van der Waals surface area contributed by atoms with Crippen molar-refractivity contribution in [2.45, 2.75) is 44.9 Å². The summed E-state index contributed by atoms with van der Waals surface area (Å²) in [5.74, 6) is 2.09. The van der Waals surface area contributed by atoms with E-state index in [-0.39, 0.29) is 18.6 Å². The molecule has 2 aliphatic rings. The molecule has 1 aromatic heterocycles. The monoisotopic (exact) mass is 434 g/mol. The van der Waals surface area contributed by atoms with E-state index in [1.54, 1.807) is 0 Å². The number of fused-ring (bicyclic) bond motifs is 2. The Hall–Kier alpha value is -3.61. The molecule has 166 valence electrons. The van der Waals surface area contributed by atoms with Gasteiger partial charge in [-0.25, -0.2) is 0 Å². The molecule has 2 heterocycles. The van der Waals surface area contributed by atoms with Gasteiger partial charge in [0, 0.05) is 40.2 Å². The Morgan fingerprint density at radius 2 is 1.94 bits per heavy atom. The number of hydrogen-bond acceptors (Lipinski definition) is 5. The zero-order valence-electron chi connectivity index (χ0n) is 18.2. The second-order valence-corrected chi connectivity index (χ2v) is 8.94. The second-order valence-electron chi connectivity index (χ2n) is 8.94. The van der Waals surface area contributed by atoms with Gasteiger partial charge in [0.2, 0.25) is 6.79 Å². The van der Waals surface area contributed by atoms with Crippen LogP contribution >= 0.6 is 0 Å². The standard InChI is InChI=1S/C25H26N2O5/c1-25(2,10-9-23(28)29)22-12-16-11-17(5-7-19(16)27-22)26-24(15-3-4-15)32-18-6-8-20-21(13-18)31-14-30-20/h5-8,11-13,26-27H,3-4,9-10,14H2,1-2H3,(H,28,29). The summed E-state index contributed by atoms with van der Waals surface area (Å²) in [5, 5.41) is 13.5. The minimum absolute atomic E-state index is 0.142. The molecule has 7 heteroatoms. The minimum atomic E-state index is -0.774. The van der Waals surface area contributed by atoms with Crippen LogP contribution in [0.1, 0.15) is 45.2 Å². The third-order valence-corrected chi connectivity index (χ3v) is 5.96. The fraction of sp³-hybridized carbons (Fsp3) is 0.320. The Morgan fingerprint density at radius 3 is 2.72 bits per heavy atom. The van der Waals surface area contributed by atoms with Crippen molar-refractivity contribution in [2.75, 3.05) is 12.1 Å². The number of carboxylic acid groups (broad SMARTS) is 1. The van der Waals surface area contributed by atoms with Crippen LogP contribution in [-0.4, -0.2) is 22.9 Å². The van der Waals surface area contributed by atoms with Gasteiger partial charge >= 0.3 is 5.97 Å². The highest BCUT2D eigenvalue weighted by Crippen LogP contribution is 2.38. The van der Waals surface area contributed by atoms with E-state index in [1.165, 1.54) is 5.57 Å². The summed E-state index contributed by atoms with van der Waals surface area (Å²) in [6.45, 7) is 4.36. The predicted molar refractivity (Wildman–Crippen MR) is 121 cm³/mol. The van der Waals surface area contributed by atoms with Crippen LogP contribution in [0.4, 0.5) is 5.69 Å². The van der Waals surface area contributed by atoms with E-state index in [2.05, 4.69) is 36.3 Å². The van der Waals surface area contributed by atoms with Gasteiger partial charge in [-0.1, -0.05) is 13.8 Å². The van der Waals surface area contributed by atoms with Gasteiger partial charge in [0.1, 0.15) is 5.75 Å². The highest BCUT2D eigenvalue weighted by molar-refractivity contribution is 5.84. The van der Waals surface area contributed by atoms with Gasteiger partial charge in [-0.05, 0) is 61.2 Å². The van der Waals surface area contributed by atoms with Crippen molar-refractivity contribution in [1.82, 2.24) is 4.98 Å². The Kier molecular flexibility index (Phi) is 4.96. The summed E-state index contributed by atoms with van der Waals surface area (Å²) in [6.07, 6.45) is 2.74. The fourth-order valence-corrected chi connectivity index (χ4v) is 3.79. The van der Waals surface area contributed by atoms with Gasteiger partial charge in [0.05, 0.1) is 0 Å². The number of ether oxygens (including phenoxy) is 3. The minimum Gasteiger partial charge on any atom is -0.481 e. The van der Waals surface area contributed by atoms with Crippen LogP contribution in [0, 0.1) is 0 Å². The van der Waals surface area contributed by atoms with Crippen molar-refractivity contribution in [3.05, 3.63) is 59.6 Å². The molecule has 0 bridgehead atoms. The summed E-state index contributed by atoms with van der Waals surface area (Å²) in [4.78, 5) is 14.4. The lowest BCUT2D eigenvalue weighted by molar-refractivity contribution is -0.137. The van der Waals surface area contributed by atoms with Gasteiger partial charge in [-0.3, -0.25) is 4.79 Å². The van der Waals surface area contributed by atoms with Crippen LogP contribution in [0.15, 0.2) is 53.9 Å². The largest absolute Gasteiger partial charge is 0.481 e. The van der Waals surface area contributed by atoms with E-state index in [9.17, 15) is 4.79 Å². The molecule has 1 saturated carbocycles. The van der Waals surface area contributed by atoms with Crippen molar-refractivity contribution in [3.8, 4) is 17.2 Å².